The number of anilines is 2. The fourth-order valence-corrected chi connectivity index (χ4v) is 3.79. The predicted octanol–water partition coefficient (Wildman–Crippen LogP) is 4.63. The summed E-state index contributed by atoms with van der Waals surface area (Å²) in [4.78, 5) is 12.6. The van der Waals surface area contributed by atoms with Crippen molar-refractivity contribution in [3.05, 3.63) is 62.4 Å². The van der Waals surface area contributed by atoms with Crippen molar-refractivity contribution < 1.29 is 14.4 Å². The molecule has 0 aliphatic carbocycles. The van der Waals surface area contributed by atoms with Crippen LogP contribution < -0.4 is 10.2 Å². The monoisotopic (exact) mass is 437 g/mol. The molecule has 2 aromatic carbocycles. The van der Waals surface area contributed by atoms with Crippen LogP contribution in [0.2, 0.25) is 0 Å². The molecule has 1 aliphatic rings. The minimum atomic E-state index is -0.451. The number of hydrogen-bond acceptors (Lipinski definition) is 5. The van der Waals surface area contributed by atoms with Crippen LogP contribution in [-0.2, 0) is 0 Å². The van der Waals surface area contributed by atoms with E-state index in [1.807, 2.05) is 6.92 Å². The van der Waals surface area contributed by atoms with Gasteiger partial charge in [0.15, 0.2) is 0 Å². The standard InChI is InChI=1S/C19H21BrFN3O3/c1-12(22-18-4-3-14(24(26)27)11-17(18)20)16-10-13(21)2-5-19(16)23-8-6-15(25)7-9-23/h2-5,10-12,15,22,25H,6-9H2,1H3. The molecule has 0 spiro atoms. The third kappa shape index (κ3) is 4.56. The van der Waals surface area contributed by atoms with Gasteiger partial charge in [0, 0.05) is 46.6 Å². The maximum atomic E-state index is 13.9. The average molecular weight is 438 g/mol. The van der Waals surface area contributed by atoms with Gasteiger partial charge in [-0.15, -0.1) is 0 Å². The quantitative estimate of drug-likeness (QED) is 0.526. The summed E-state index contributed by atoms with van der Waals surface area (Å²) >= 11 is 3.35. The summed E-state index contributed by atoms with van der Waals surface area (Å²) in [6.45, 7) is 3.35. The normalized spacial score (nSPS) is 16.2. The molecule has 1 fully saturated rings. The number of rotatable bonds is 5. The molecule has 2 aromatic rings. The summed E-state index contributed by atoms with van der Waals surface area (Å²) in [6.07, 6.45) is 1.09. The molecule has 1 saturated heterocycles. The van der Waals surface area contributed by atoms with Crippen molar-refractivity contribution in [1.82, 2.24) is 0 Å². The zero-order valence-corrected chi connectivity index (χ0v) is 16.4. The van der Waals surface area contributed by atoms with E-state index >= 15 is 0 Å². The summed E-state index contributed by atoms with van der Waals surface area (Å²) in [6, 6.07) is 9.00. The number of non-ortho nitro benzene ring substituents is 1. The van der Waals surface area contributed by atoms with Crippen molar-refractivity contribution in [2.75, 3.05) is 23.3 Å². The van der Waals surface area contributed by atoms with Crippen LogP contribution in [0.25, 0.3) is 0 Å². The first-order valence-corrected chi connectivity index (χ1v) is 9.57. The minimum absolute atomic E-state index is 0.00148. The first-order valence-electron chi connectivity index (χ1n) is 8.78. The lowest BCUT2D eigenvalue weighted by Crippen LogP contribution is -2.36. The molecule has 144 valence electrons. The van der Waals surface area contributed by atoms with Gasteiger partial charge < -0.3 is 15.3 Å². The summed E-state index contributed by atoms with van der Waals surface area (Å²) in [5.74, 6) is -0.317. The van der Waals surface area contributed by atoms with E-state index in [0.717, 1.165) is 11.3 Å². The van der Waals surface area contributed by atoms with E-state index < -0.39 is 4.92 Å². The highest BCUT2D eigenvalue weighted by atomic mass is 79.9. The number of halogens is 2. The SMILES string of the molecule is CC(Nc1ccc([N+](=O)[O-])cc1Br)c1cc(F)ccc1N1CCC(O)CC1. The molecule has 0 saturated carbocycles. The fourth-order valence-electron chi connectivity index (χ4n) is 3.31. The number of hydrogen-bond donors (Lipinski definition) is 2. The Morgan fingerprint density at radius 3 is 2.63 bits per heavy atom. The van der Waals surface area contributed by atoms with Gasteiger partial charge in [0.25, 0.3) is 5.69 Å². The van der Waals surface area contributed by atoms with Crippen LogP contribution in [-0.4, -0.2) is 29.2 Å². The van der Waals surface area contributed by atoms with E-state index in [2.05, 4.69) is 26.1 Å². The lowest BCUT2D eigenvalue weighted by Gasteiger charge is -2.34. The smallest absolute Gasteiger partial charge is 0.270 e. The van der Waals surface area contributed by atoms with Crippen molar-refractivity contribution in [3.63, 3.8) is 0 Å². The molecule has 0 amide bonds. The van der Waals surface area contributed by atoms with Crippen molar-refractivity contribution in [2.45, 2.75) is 31.9 Å². The summed E-state index contributed by atoms with van der Waals surface area (Å²) in [5, 5.41) is 23.9. The summed E-state index contributed by atoms with van der Waals surface area (Å²) in [5.41, 5.74) is 2.42. The number of nitrogens with zero attached hydrogens (tertiary/aromatic N) is 2. The predicted molar refractivity (Wildman–Crippen MR) is 107 cm³/mol. The van der Waals surface area contributed by atoms with Crippen LogP contribution in [0, 0.1) is 15.9 Å². The third-order valence-electron chi connectivity index (χ3n) is 4.80. The second-order valence-corrected chi connectivity index (χ2v) is 7.56. The number of nitro benzene ring substituents is 1. The number of aliphatic hydroxyl groups excluding tert-OH is 1. The van der Waals surface area contributed by atoms with E-state index in [1.54, 1.807) is 12.1 Å². The molecule has 27 heavy (non-hydrogen) atoms. The van der Waals surface area contributed by atoms with Crippen molar-refractivity contribution >= 4 is 33.0 Å². The molecule has 0 bridgehead atoms. The Kier molecular flexibility index (Phi) is 5.96. The molecule has 0 aromatic heterocycles. The Morgan fingerprint density at radius 1 is 1.30 bits per heavy atom. The molecule has 8 heteroatoms. The molecule has 0 radical (unpaired) electrons. The average Bonchev–Trinajstić information content (AvgIpc) is 2.64. The van der Waals surface area contributed by atoms with Crippen LogP contribution in [0.1, 0.15) is 31.4 Å². The third-order valence-corrected chi connectivity index (χ3v) is 5.45. The first kappa shape index (κ1) is 19.6. The highest BCUT2D eigenvalue weighted by Crippen LogP contribution is 2.34. The molecule has 3 rings (SSSR count). The van der Waals surface area contributed by atoms with Gasteiger partial charge in [-0.1, -0.05) is 0 Å². The number of nitrogens with one attached hydrogen (secondary N) is 1. The maximum Gasteiger partial charge on any atom is 0.270 e. The first-order chi connectivity index (χ1) is 12.8. The number of aliphatic hydroxyl groups is 1. The van der Waals surface area contributed by atoms with Gasteiger partial charge >= 0.3 is 0 Å². The van der Waals surface area contributed by atoms with E-state index in [0.29, 0.717) is 36.1 Å². The second kappa shape index (κ2) is 8.22. The van der Waals surface area contributed by atoms with Crippen molar-refractivity contribution in [2.24, 2.45) is 0 Å². The Morgan fingerprint density at radius 2 is 2.00 bits per heavy atom. The van der Waals surface area contributed by atoms with E-state index in [4.69, 9.17) is 0 Å². The Hall–Kier alpha value is -2.19. The molecule has 1 aliphatic heterocycles. The molecule has 1 heterocycles. The Labute approximate surface area is 165 Å². The lowest BCUT2D eigenvalue weighted by molar-refractivity contribution is -0.384. The van der Waals surface area contributed by atoms with Crippen LogP contribution >= 0.6 is 15.9 Å². The number of benzene rings is 2. The largest absolute Gasteiger partial charge is 0.393 e. The van der Waals surface area contributed by atoms with Gasteiger partial charge in [0.05, 0.1) is 17.1 Å². The highest BCUT2D eigenvalue weighted by Gasteiger charge is 2.22. The van der Waals surface area contributed by atoms with E-state index in [1.165, 1.54) is 24.3 Å². The van der Waals surface area contributed by atoms with Gasteiger partial charge in [-0.2, -0.15) is 0 Å². The highest BCUT2D eigenvalue weighted by molar-refractivity contribution is 9.10. The molecule has 2 N–H and O–H groups in total. The molecule has 6 nitrogen and oxygen atoms in total. The van der Waals surface area contributed by atoms with Crippen LogP contribution in [0.3, 0.4) is 0 Å². The topological polar surface area (TPSA) is 78.6 Å². The van der Waals surface area contributed by atoms with Crippen LogP contribution in [0.15, 0.2) is 40.9 Å². The summed E-state index contributed by atoms with van der Waals surface area (Å²) < 4.78 is 14.5. The molecule has 1 atom stereocenters. The lowest BCUT2D eigenvalue weighted by atomic mass is 10.0. The number of piperidine rings is 1. The Bertz CT molecular complexity index is 841. The van der Waals surface area contributed by atoms with E-state index in [9.17, 15) is 19.6 Å². The number of nitro groups is 1. The summed E-state index contributed by atoms with van der Waals surface area (Å²) in [7, 11) is 0. The van der Waals surface area contributed by atoms with Gasteiger partial charge in [-0.25, -0.2) is 4.39 Å². The van der Waals surface area contributed by atoms with Crippen LogP contribution in [0.4, 0.5) is 21.5 Å². The maximum absolute atomic E-state index is 13.9. The van der Waals surface area contributed by atoms with Gasteiger partial charge in [-0.05, 0) is 60.0 Å². The second-order valence-electron chi connectivity index (χ2n) is 6.71. The molecule has 1 unspecified atom stereocenters. The van der Waals surface area contributed by atoms with Gasteiger partial charge in [0.1, 0.15) is 5.82 Å². The Balaban J connectivity index is 1.85. The van der Waals surface area contributed by atoms with Crippen molar-refractivity contribution in [1.29, 1.82) is 0 Å². The van der Waals surface area contributed by atoms with Crippen molar-refractivity contribution in [3.8, 4) is 0 Å². The zero-order chi connectivity index (χ0) is 19.6. The zero-order valence-electron chi connectivity index (χ0n) is 14.9. The molecular weight excluding hydrogens is 417 g/mol. The fraction of sp³-hybridized carbons (Fsp3) is 0.368. The molecular formula is C19H21BrFN3O3. The van der Waals surface area contributed by atoms with E-state index in [-0.39, 0.29) is 23.7 Å². The van der Waals surface area contributed by atoms with Crippen LogP contribution in [0.5, 0.6) is 0 Å². The minimum Gasteiger partial charge on any atom is -0.393 e. The van der Waals surface area contributed by atoms with Gasteiger partial charge in [-0.3, -0.25) is 10.1 Å². The van der Waals surface area contributed by atoms with Gasteiger partial charge in [0.2, 0.25) is 0 Å².